The number of alkyl halides is 1. The third-order valence-electron chi connectivity index (χ3n) is 4.56. The van der Waals surface area contributed by atoms with Gasteiger partial charge in [-0.1, -0.05) is 6.07 Å². The molecule has 0 spiro atoms. The summed E-state index contributed by atoms with van der Waals surface area (Å²) in [5, 5.41) is 0.135. The van der Waals surface area contributed by atoms with Gasteiger partial charge in [0.15, 0.2) is 11.5 Å². The molecule has 0 aromatic heterocycles. The Morgan fingerprint density at radius 2 is 1.58 bits per heavy atom. The standard InChI is InChI=1S/C16H19ClO2/c17-16(15(10-1-2-10)11-3-4-11)12-5-6-13-14(9-12)19-8-7-18-13/h5-6,9-11,15-16H,1-4,7-8H2. The average molecular weight is 279 g/mol. The third-order valence-corrected chi connectivity index (χ3v) is 5.10. The Kier molecular flexibility index (Phi) is 2.87. The Morgan fingerprint density at radius 1 is 0.947 bits per heavy atom. The molecule has 102 valence electrons. The van der Waals surface area contributed by atoms with Gasteiger partial charge in [-0.05, 0) is 61.1 Å². The Morgan fingerprint density at radius 3 is 2.21 bits per heavy atom. The lowest BCUT2D eigenvalue weighted by molar-refractivity contribution is 0.171. The van der Waals surface area contributed by atoms with Crippen LogP contribution in [0.15, 0.2) is 18.2 Å². The first-order valence-electron chi connectivity index (χ1n) is 7.36. The van der Waals surface area contributed by atoms with Gasteiger partial charge in [-0.25, -0.2) is 0 Å². The minimum absolute atomic E-state index is 0.135. The zero-order valence-corrected chi connectivity index (χ0v) is 11.7. The summed E-state index contributed by atoms with van der Waals surface area (Å²) in [4.78, 5) is 0. The molecular formula is C16H19ClO2. The largest absolute Gasteiger partial charge is 0.486 e. The summed E-state index contributed by atoms with van der Waals surface area (Å²) in [6.45, 7) is 1.28. The zero-order chi connectivity index (χ0) is 12.8. The topological polar surface area (TPSA) is 18.5 Å². The summed E-state index contributed by atoms with van der Waals surface area (Å²) in [6, 6.07) is 6.21. The maximum Gasteiger partial charge on any atom is 0.161 e. The fourth-order valence-electron chi connectivity index (χ4n) is 3.28. The van der Waals surface area contributed by atoms with E-state index in [1.807, 2.05) is 6.07 Å². The molecule has 0 amide bonds. The second kappa shape index (κ2) is 4.59. The fraction of sp³-hybridized carbons (Fsp3) is 0.625. The molecule has 2 aliphatic carbocycles. The number of fused-ring (bicyclic) bond motifs is 1. The van der Waals surface area contributed by atoms with Crippen LogP contribution in [0.4, 0.5) is 0 Å². The number of halogens is 1. The Balaban J connectivity index is 1.60. The first-order chi connectivity index (χ1) is 9.33. The first-order valence-corrected chi connectivity index (χ1v) is 7.80. The van der Waals surface area contributed by atoms with Gasteiger partial charge >= 0.3 is 0 Å². The second-order valence-electron chi connectivity index (χ2n) is 6.06. The molecule has 0 bridgehead atoms. The summed E-state index contributed by atoms with van der Waals surface area (Å²) in [6.07, 6.45) is 5.48. The molecular weight excluding hydrogens is 260 g/mol. The van der Waals surface area contributed by atoms with Crippen molar-refractivity contribution in [2.45, 2.75) is 31.1 Å². The molecule has 4 rings (SSSR count). The highest BCUT2D eigenvalue weighted by molar-refractivity contribution is 6.21. The lowest BCUT2D eigenvalue weighted by atomic mass is 9.89. The molecule has 3 heteroatoms. The van der Waals surface area contributed by atoms with Crippen LogP contribution >= 0.6 is 11.6 Å². The van der Waals surface area contributed by atoms with E-state index in [1.165, 1.54) is 31.2 Å². The molecule has 1 aromatic carbocycles. The van der Waals surface area contributed by atoms with E-state index in [1.54, 1.807) is 0 Å². The van der Waals surface area contributed by atoms with E-state index in [0.29, 0.717) is 19.1 Å². The molecule has 2 fully saturated rings. The summed E-state index contributed by atoms with van der Waals surface area (Å²) in [5.74, 6) is 4.11. The first kappa shape index (κ1) is 11.9. The van der Waals surface area contributed by atoms with Crippen molar-refractivity contribution < 1.29 is 9.47 Å². The van der Waals surface area contributed by atoms with Crippen molar-refractivity contribution in [1.29, 1.82) is 0 Å². The van der Waals surface area contributed by atoms with Gasteiger partial charge < -0.3 is 9.47 Å². The molecule has 1 aliphatic heterocycles. The minimum atomic E-state index is 0.135. The maximum absolute atomic E-state index is 6.79. The summed E-state index contributed by atoms with van der Waals surface area (Å²) in [5.41, 5.74) is 1.20. The summed E-state index contributed by atoms with van der Waals surface area (Å²) in [7, 11) is 0. The van der Waals surface area contributed by atoms with Crippen LogP contribution in [-0.2, 0) is 0 Å². The number of rotatable bonds is 4. The lowest BCUT2D eigenvalue weighted by Crippen LogP contribution is -2.17. The van der Waals surface area contributed by atoms with Gasteiger partial charge in [-0.3, -0.25) is 0 Å². The number of hydrogen-bond acceptors (Lipinski definition) is 2. The van der Waals surface area contributed by atoms with Gasteiger partial charge in [0, 0.05) is 0 Å². The van der Waals surface area contributed by atoms with E-state index in [0.717, 1.165) is 23.3 Å². The molecule has 3 aliphatic rings. The van der Waals surface area contributed by atoms with Crippen LogP contribution in [-0.4, -0.2) is 13.2 Å². The van der Waals surface area contributed by atoms with Crippen LogP contribution in [0, 0.1) is 17.8 Å². The highest BCUT2D eigenvalue weighted by Gasteiger charge is 2.45. The number of ether oxygens (including phenoxy) is 2. The van der Waals surface area contributed by atoms with Crippen LogP contribution in [0.2, 0.25) is 0 Å². The Bertz CT molecular complexity index is 468. The zero-order valence-electron chi connectivity index (χ0n) is 11.0. The van der Waals surface area contributed by atoms with Crippen molar-refractivity contribution in [1.82, 2.24) is 0 Å². The molecule has 2 saturated carbocycles. The van der Waals surface area contributed by atoms with E-state index in [-0.39, 0.29) is 5.38 Å². The quantitative estimate of drug-likeness (QED) is 0.770. The van der Waals surface area contributed by atoms with E-state index in [4.69, 9.17) is 21.1 Å². The smallest absolute Gasteiger partial charge is 0.161 e. The SMILES string of the molecule is ClC(c1ccc2c(c1)OCCO2)C(C1CC1)C1CC1. The molecule has 1 atom stereocenters. The van der Waals surface area contributed by atoms with Crippen molar-refractivity contribution in [2.24, 2.45) is 17.8 Å². The van der Waals surface area contributed by atoms with Crippen LogP contribution in [0.5, 0.6) is 11.5 Å². The van der Waals surface area contributed by atoms with Crippen LogP contribution in [0.3, 0.4) is 0 Å². The van der Waals surface area contributed by atoms with Crippen molar-refractivity contribution >= 4 is 11.6 Å². The van der Waals surface area contributed by atoms with Crippen LogP contribution in [0.1, 0.15) is 36.6 Å². The van der Waals surface area contributed by atoms with Crippen molar-refractivity contribution in [3.8, 4) is 11.5 Å². The van der Waals surface area contributed by atoms with Gasteiger partial charge in [0.1, 0.15) is 13.2 Å². The van der Waals surface area contributed by atoms with Crippen molar-refractivity contribution in [3.63, 3.8) is 0 Å². The molecule has 2 nitrogen and oxygen atoms in total. The molecule has 0 saturated heterocycles. The monoisotopic (exact) mass is 278 g/mol. The maximum atomic E-state index is 6.79. The third kappa shape index (κ3) is 2.31. The van der Waals surface area contributed by atoms with E-state index < -0.39 is 0 Å². The second-order valence-corrected chi connectivity index (χ2v) is 6.53. The molecule has 0 N–H and O–H groups in total. The summed E-state index contributed by atoms with van der Waals surface area (Å²) < 4.78 is 11.2. The molecule has 19 heavy (non-hydrogen) atoms. The predicted molar refractivity (Wildman–Crippen MR) is 75.0 cm³/mol. The molecule has 1 heterocycles. The minimum Gasteiger partial charge on any atom is -0.486 e. The van der Waals surface area contributed by atoms with Gasteiger partial charge in [-0.2, -0.15) is 0 Å². The van der Waals surface area contributed by atoms with Crippen LogP contribution in [0.25, 0.3) is 0 Å². The lowest BCUT2D eigenvalue weighted by Gasteiger charge is -2.24. The van der Waals surface area contributed by atoms with Gasteiger partial charge in [0.2, 0.25) is 0 Å². The number of benzene rings is 1. The van der Waals surface area contributed by atoms with E-state index in [2.05, 4.69) is 12.1 Å². The Hall–Kier alpha value is -0.890. The molecule has 1 unspecified atom stereocenters. The van der Waals surface area contributed by atoms with Crippen LogP contribution < -0.4 is 9.47 Å². The van der Waals surface area contributed by atoms with E-state index >= 15 is 0 Å². The fourth-order valence-corrected chi connectivity index (χ4v) is 3.83. The predicted octanol–water partition coefficient (Wildman–Crippen LogP) is 4.17. The number of hydrogen-bond donors (Lipinski definition) is 0. The van der Waals surface area contributed by atoms with Gasteiger partial charge in [-0.15, -0.1) is 11.6 Å². The van der Waals surface area contributed by atoms with Crippen molar-refractivity contribution in [3.05, 3.63) is 23.8 Å². The summed E-state index contributed by atoms with van der Waals surface area (Å²) >= 11 is 6.79. The average Bonchev–Trinajstić information content (AvgIpc) is 3.32. The van der Waals surface area contributed by atoms with Crippen molar-refractivity contribution in [2.75, 3.05) is 13.2 Å². The highest BCUT2D eigenvalue weighted by Crippen LogP contribution is 2.56. The Labute approximate surface area is 119 Å². The molecule has 0 radical (unpaired) electrons. The van der Waals surface area contributed by atoms with Gasteiger partial charge in [0.05, 0.1) is 5.38 Å². The van der Waals surface area contributed by atoms with E-state index in [9.17, 15) is 0 Å². The normalized spacial score (nSPS) is 23.5. The highest BCUT2D eigenvalue weighted by atomic mass is 35.5. The van der Waals surface area contributed by atoms with Gasteiger partial charge in [0.25, 0.3) is 0 Å². The molecule has 1 aromatic rings.